The van der Waals surface area contributed by atoms with Gasteiger partial charge in [0.15, 0.2) is 9.84 Å². The van der Waals surface area contributed by atoms with Crippen molar-refractivity contribution in [2.75, 3.05) is 12.4 Å². The summed E-state index contributed by atoms with van der Waals surface area (Å²) in [4.78, 5) is 12.8. The van der Waals surface area contributed by atoms with Gasteiger partial charge >= 0.3 is 6.03 Å². The summed E-state index contributed by atoms with van der Waals surface area (Å²) in [7, 11) is -2.22. The summed E-state index contributed by atoms with van der Waals surface area (Å²) in [5.74, 6) is 0.111. The standard InChI is InChI=1S/C28H32Cl2N2O4S/c1-5-8-21-15-19(11-12-20(21)6-2)17-37(34,35)22-13-14-25(26(16-22)36-4)32-28(33)31-18(3)23-9-7-10-24(29)27(23)30/h7,9-16,18H,5-6,8,17H2,1-4H3,(H2,31,32,33). The van der Waals surface area contributed by atoms with Gasteiger partial charge in [0.05, 0.1) is 39.5 Å². The van der Waals surface area contributed by atoms with Crippen LogP contribution >= 0.6 is 23.2 Å². The van der Waals surface area contributed by atoms with Crippen LogP contribution in [-0.4, -0.2) is 21.6 Å². The van der Waals surface area contributed by atoms with E-state index in [9.17, 15) is 13.2 Å². The number of carbonyl (C=O) groups is 1. The molecule has 0 saturated heterocycles. The predicted molar refractivity (Wildman–Crippen MR) is 151 cm³/mol. The highest BCUT2D eigenvalue weighted by molar-refractivity contribution is 7.90. The highest BCUT2D eigenvalue weighted by Gasteiger charge is 2.20. The third-order valence-electron chi connectivity index (χ3n) is 6.10. The number of hydrogen-bond acceptors (Lipinski definition) is 4. The minimum atomic E-state index is -3.64. The fourth-order valence-electron chi connectivity index (χ4n) is 4.17. The van der Waals surface area contributed by atoms with Gasteiger partial charge in [0, 0.05) is 6.07 Å². The quantitative estimate of drug-likeness (QED) is 0.270. The van der Waals surface area contributed by atoms with Gasteiger partial charge in [-0.3, -0.25) is 0 Å². The Balaban J connectivity index is 1.76. The minimum absolute atomic E-state index is 0.117. The molecule has 1 atom stereocenters. The van der Waals surface area contributed by atoms with E-state index < -0.39 is 21.9 Å². The van der Waals surface area contributed by atoms with Gasteiger partial charge in [-0.05, 0) is 60.2 Å². The summed E-state index contributed by atoms with van der Waals surface area (Å²) >= 11 is 12.3. The van der Waals surface area contributed by atoms with E-state index in [1.165, 1.54) is 36.4 Å². The van der Waals surface area contributed by atoms with Crippen LogP contribution in [0.25, 0.3) is 0 Å². The Bertz CT molecular complexity index is 1380. The Morgan fingerprint density at radius 2 is 1.78 bits per heavy atom. The number of aryl methyl sites for hydroxylation is 2. The number of sulfone groups is 1. The molecule has 6 nitrogen and oxygen atoms in total. The van der Waals surface area contributed by atoms with Gasteiger partial charge in [-0.15, -0.1) is 0 Å². The summed E-state index contributed by atoms with van der Waals surface area (Å²) in [5, 5.41) is 6.28. The number of halogens is 2. The van der Waals surface area contributed by atoms with Crippen molar-refractivity contribution in [2.45, 2.75) is 56.7 Å². The van der Waals surface area contributed by atoms with Gasteiger partial charge in [0.25, 0.3) is 0 Å². The van der Waals surface area contributed by atoms with E-state index >= 15 is 0 Å². The van der Waals surface area contributed by atoms with Crippen LogP contribution in [0.1, 0.15) is 55.5 Å². The van der Waals surface area contributed by atoms with E-state index in [0.717, 1.165) is 24.8 Å². The first-order valence-corrected chi connectivity index (χ1v) is 14.5. The zero-order valence-electron chi connectivity index (χ0n) is 21.4. The average molecular weight is 564 g/mol. The van der Waals surface area contributed by atoms with Gasteiger partial charge in [-0.25, -0.2) is 13.2 Å². The van der Waals surface area contributed by atoms with Crippen LogP contribution in [0.2, 0.25) is 10.0 Å². The molecule has 9 heteroatoms. The first-order chi connectivity index (χ1) is 17.6. The second kappa shape index (κ2) is 12.7. The predicted octanol–water partition coefficient (Wildman–Crippen LogP) is 7.37. The smallest absolute Gasteiger partial charge is 0.319 e. The second-order valence-electron chi connectivity index (χ2n) is 8.79. The molecule has 0 saturated carbocycles. The summed E-state index contributed by atoms with van der Waals surface area (Å²) in [6, 6.07) is 14.6. The molecule has 1 unspecified atom stereocenters. The van der Waals surface area contributed by atoms with E-state index in [1.807, 2.05) is 18.2 Å². The van der Waals surface area contributed by atoms with Crippen LogP contribution in [0.3, 0.4) is 0 Å². The number of amides is 2. The molecule has 0 aliphatic heterocycles. The maximum absolute atomic E-state index is 13.2. The van der Waals surface area contributed by atoms with Gasteiger partial charge in [0.2, 0.25) is 0 Å². The molecule has 0 spiro atoms. The summed E-state index contributed by atoms with van der Waals surface area (Å²) < 4.78 is 31.8. The van der Waals surface area contributed by atoms with E-state index in [1.54, 1.807) is 25.1 Å². The Kier molecular flexibility index (Phi) is 9.87. The van der Waals surface area contributed by atoms with Crippen molar-refractivity contribution in [1.29, 1.82) is 0 Å². The van der Waals surface area contributed by atoms with Crippen molar-refractivity contribution in [2.24, 2.45) is 0 Å². The van der Waals surface area contributed by atoms with Gasteiger partial charge in [-0.1, -0.05) is 73.8 Å². The minimum Gasteiger partial charge on any atom is -0.495 e. The molecule has 0 aliphatic rings. The number of carbonyl (C=O) groups excluding carboxylic acids is 1. The number of ether oxygens (including phenoxy) is 1. The van der Waals surface area contributed by atoms with Gasteiger partial charge in [0.1, 0.15) is 5.75 Å². The SMILES string of the molecule is CCCc1cc(CS(=O)(=O)c2ccc(NC(=O)NC(C)c3cccc(Cl)c3Cl)c(OC)c2)ccc1CC. The van der Waals surface area contributed by atoms with Crippen molar-refractivity contribution in [1.82, 2.24) is 5.32 Å². The highest BCUT2D eigenvalue weighted by atomic mass is 35.5. The zero-order chi connectivity index (χ0) is 27.2. The monoisotopic (exact) mass is 562 g/mol. The number of rotatable bonds is 10. The summed E-state index contributed by atoms with van der Waals surface area (Å²) in [6.07, 6.45) is 2.81. The van der Waals surface area contributed by atoms with Crippen molar-refractivity contribution >= 4 is 44.8 Å². The number of hydrogen-bond donors (Lipinski definition) is 2. The maximum atomic E-state index is 13.2. The van der Waals surface area contributed by atoms with Gasteiger partial charge < -0.3 is 15.4 Å². The highest BCUT2D eigenvalue weighted by Crippen LogP contribution is 2.31. The third-order valence-corrected chi connectivity index (χ3v) is 8.62. The fraction of sp³-hybridized carbons (Fsp3) is 0.321. The van der Waals surface area contributed by atoms with E-state index in [4.69, 9.17) is 27.9 Å². The first kappa shape index (κ1) is 28.8. The average Bonchev–Trinajstić information content (AvgIpc) is 2.86. The van der Waals surface area contributed by atoms with E-state index in [0.29, 0.717) is 21.3 Å². The molecular weight excluding hydrogens is 531 g/mol. The first-order valence-electron chi connectivity index (χ1n) is 12.1. The van der Waals surface area contributed by atoms with Crippen molar-refractivity contribution in [3.63, 3.8) is 0 Å². The lowest BCUT2D eigenvalue weighted by Crippen LogP contribution is -2.31. The zero-order valence-corrected chi connectivity index (χ0v) is 23.7. The molecule has 0 aliphatic carbocycles. The molecule has 0 aromatic heterocycles. The molecule has 3 rings (SSSR count). The lowest BCUT2D eigenvalue weighted by molar-refractivity contribution is 0.249. The molecule has 2 amide bonds. The largest absolute Gasteiger partial charge is 0.495 e. The van der Waals surface area contributed by atoms with Crippen molar-refractivity contribution in [3.05, 3.63) is 86.9 Å². The molecule has 0 radical (unpaired) electrons. The lowest BCUT2D eigenvalue weighted by atomic mass is 9.99. The van der Waals surface area contributed by atoms with Crippen molar-refractivity contribution < 1.29 is 17.9 Å². The Labute approximate surface area is 229 Å². The number of nitrogens with one attached hydrogen (secondary N) is 2. The van der Waals surface area contributed by atoms with Crippen LogP contribution in [-0.2, 0) is 28.4 Å². The fourth-order valence-corrected chi connectivity index (χ4v) is 5.99. The third kappa shape index (κ3) is 7.18. The molecule has 3 aromatic rings. The molecule has 198 valence electrons. The van der Waals surface area contributed by atoms with Crippen LogP contribution in [0.5, 0.6) is 5.75 Å². The van der Waals surface area contributed by atoms with Crippen LogP contribution in [0.15, 0.2) is 59.5 Å². The van der Waals surface area contributed by atoms with Crippen LogP contribution in [0.4, 0.5) is 10.5 Å². The molecule has 2 N–H and O–H groups in total. The van der Waals surface area contributed by atoms with E-state index in [-0.39, 0.29) is 16.4 Å². The Morgan fingerprint density at radius 3 is 2.46 bits per heavy atom. The molecule has 0 bridgehead atoms. The van der Waals surface area contributed by atoms with Crippen molar-refractivity contribution in [3.8, 4) is 5.75 Å². The Morgan fingerprint density at radius 1 is 1.03 bits per heavy atom. The summed E-state index contributed by atoms with van der Waals surface area (Å²) in [5.41, 5.74) is 4.18. The van der Waals surface area contributed by atoms with Gasteiger partial charge in [-0.2, -0.15) is 0 Å². The number of benzene rings is 3. The number of urea groups is 1. The molecule has 3 aromatic carbocycles. The van der Waals surface area contributed by atoms with E-state index in [2.05, 4.69) is 24.5 Å². The normalized spacial score (nSPS) is 12.2. The van der Waals surface area contributed by atoms with Crippen LogP contribution < -0.4 is 15.4 Å². The lowest BCUT2D eigenvalue weighted by Gasteiger charge is -2.18. The molecule has 37 heavy (non-hydrogen) atoms. The Hall–Kier alpha value is -2.74. The molecule has 0 fully saturated rings. The second-order valence-corrected chi connectivity index (χ2v) is 11.6. The molecule has 0 heterocycles. The maximum Gasteiger partial charge on any atom is 0.319 e. The summed E-state index contributed by atoms with van der Waals surface area (Å²) in [6.45, 7) is 5.99. The topological polar surface area (TPSA) is 84.5 Å². The number of methoxy groups -OCH3 is 1. The van der Waals surface area contributed by atoms with Crippen LogP contribution in [0, 0.1) is 0 Å². The number of anilines is 1. The molecular formula is C28H32Cl2N2O4S.